The lowest BCUT2D eigenvalue weighted by atomic mass is 9.74. The van der Waals surface area contributed by atoms with Gasteiger partial charge in [-0.05, 0) is 43.2 Å². The fraction of sp³-hybridized carbons (Fsp3) is 0.650. The smallest absolute Gasteiger partial charge is 0.233 e. The number of ether oxygens (including phenoxy) is 1. The first-order valence-electron chi connectivity index (χ1n) is 9.15. The number of fused-ring (bicyclic) bond motifs is 2. The van der Waals surface area contributed by atoms with Gasteiger partial charge >= 0.3 is 0 Å². The molecule has 4 aliphatic rings. The van der Waals surface area contributed by atoms with Gasteiger partial charge in [-0.2, -0.15) is 0 Å². The molecule has 1 N–H and O–H groups in total. The van der Waals surface area contributed by atoms with Crippen molar-refractivity contribution in [3.63, 3.8) is 0 Å². The highest BCUT2D eigenvalue weighted by atomic mass is 16.6. The van der Waals surface area contributed by atoms with Crippen LogP contribution in [0.1, 0.15) is 31.4 Å². The number of para-hydroxylation sites is 1. The van der Waals surface area contributed by atoms with E-state index in [0.29, 0.717) is 5.92 Å². The number of benzene rings is 1. The van der Waals surface area contributed by atoms with Crippen molar-refractivity contribution < 1.29 is 14.6 Å². The van der Waals surface area contributed by atoms with Crippen LogP contribution in [0, 0.1) is 43.4 Å². The number of hydrogen-bond acceptors (Lipinski definition) is 3. The molecule has 7 atom stereocenters. The molecule has 0 spiro atoms. The van der Waals surface area contributed by atoms with Gasteiger partial charge in [0, 0.05) is 11.8 Å². The number of amides is 1. The Bertz CT molecular complexity index is 724. The third-order valence-electron chi connectivity index (χ3n) is 7.20. The zero-order chi connectivity index (χ0) is 17.0. The Kier molecular flexibility index (Phi) is 2.74. The lowest BCUT2D eigenvalue weighted by molar-refractivity contribution is -0.136. The Morgan fingerprint density at radius 2 is 1.92 bits per heavy atom. The quantitative estimate of drug-likeness (QED) is 0.908. The molecule has 7 unspecified atom stereocenters. The first kappa shape index (κ1) is 14.9. The van der Waals surface area contributed by atoms with E-state index in [1.165, 1.54) is 0 Å². The van der Waals surface area contributed by atoms with E-state index in [0.717, 1.165) is 23.2 Å². The highest BCUT2D eigenvalue weighted by Crippen LogP contribution is 2.69. The van der Waals surface area contributed by atoms with Crippen molar-refractivity contribution in [3.05, 3.63) is 29.3 Å². The van der Waals surface area contributed by atoms with Crippen molar-refractivity contribution >= 4 is 11.6 Å². The van der Waals surface area contributed by atoms with Gasteiger partial charge in [0.05, 0.1) is 23.8 Å². The molecular weight excluding hydrogens is 302 g/mol. The zero-order valence-electron chi connectivity index (χ0n) is 14.7. The molecule has 24 heavy (non-hydrogen) atoms. The van der Waals surface area contributed by atoms with E-state index < -0.39 is 11.8 Å². The minimum absolute atomic E-state index is 0.0763. The number of aliphatic hydroxyl groups excluding tert-OH is 1. The van der Waals surface area contributed by atoms with Crippen molar-refractivity contribution in [2.24, 2.45) is 29.6 Å². The van der Waals surface area contributed by atoms with Crippen LogP contribution >= 0.6 is 0 Å². The second-order valence-corrected chi connectivity index (χ2v) is 8.51. The topological polar surface area (TPSA) is 49.8 Å². The number of carbonyl (C=O) groups is 1. The summed E-state index contributed by atoms with van der Waals surface area (Å²) in [6.45, 7) is 8.45. The number of aryl methyl sites for hydroxylation is 2. The van der Waals surface area contributed by atoms with Gasteiger partial charge in [-0.3, -0.25) is 9.69 Å². The second-order valence-electron chi connectivity index (χ2n) is 8.51. The molecule has 0 aromatic heterocycles. The number of hydrogen-bond donors (Lipinski definition) is 1. The van der Waals surface area contributed by atoms with Gasteiger partial charge in [-0.25, -0.2) is 0 Å². The summed E-state index contributed by atoms with van der Waals surface area (Å²) in [7, 11) is 0. The minimum Gasteiger partial charge on any atom is -0.390 e. The van der Waals surface area contributed by atoms with Crippen LogP contribution in [-0.2, 0) is 9.53 Å². The molecule has 128 valence electrons. The molecule has 2 heterocycles. The summed E-state index contributed by atoms with van der Waals surface area (Å²) in [4.78, 5) is 15.5. The number of aliphatic hydroxyl groups is 1. The molecule has 2 aliphatic carbocycles. The maximum absolute atomic E-state index is 13.5. The number of nitrogens with zero attached hydrogens (tertiary/aromatic N) is 1. The first-order valence-corrected chi connectivity index (χ1v) is 9.15. The van der Waals surface area contributed by atoms with Gasteiger partial charge in [-0.1, -0.05) is 32.0 Å². The standard InChI is InChI=1S/C20H25NO3/c1-9(2)20-15-13-8-12(17(22)18(13)24-20)14(15)19(23)21(20)16-10(3)6-5-7-11(16)4/h5-7,9,12-15,17-18,22H,8H2,1-4H3. The Morgan fingerprint density at radius 1 is 1.25 bits per heavy atom. The maximum Gasteiger partial charge on any atom is 0.233 e. The van der Waals surface area contributed by atoms with Crippen LogP contribution in [0.3, 0.4) is 0 Å². The van der Waals surface area contributed by atoms with Gasteiger partial charge < -0.3 is 9.84 Å². The molecular formula is C20H25NO3. The maximum atomic E-state index is 13.5. The Labute approximate surface area is 142 Å². The molecule has 4 nitrogen and oxygen atoms in total. The van der Waals surface area contributed by atoms with Crippen LogP contribution in [0.25, 0.3) is 0 Å². The normalized spacial score (nSPS) is 45.1. The molecule has 2 saturated heterocycles. The highest BCUT2D eigenvalue weighted by Gasteiger charge is 2.79. The zero-order valence-corrected chi connectivity index (χ0v) is 14.7. The van der Waals surface area contributed by atoms with E-state index in [1.807, 2.05) is 11.0 Å². The van der Waals surface area contributed by atoms with Gasteiger partial charge in [0.2, 0.25) is 5.91 Å². The minimum atomic E-state index is -0.597. The van der Waals surface area contributed by atoms with E-state index in [9.17, 15) is 9.90 Å². The van der Waals surface area contributed by atoms with Crippen LogP contribution in [0.4, 0.5) is 5.69 Å². The van der Waals surface area contributed by atoms with Crippen LogP contribution in [0.5, 0.6) is 0 Å². The molecule has 2 saturated carbocycles. The van der Waals surface area contributed by atoms with Crippen LogP contribution < -0.4 is 4.90 Å². The van der Waals surface area contributed by atoms with Gasteiger partial charge in [0.25, 0.3) is 0 Å². The van der Waals surface area contributed by atoms with Crippen molar-refractivity contribution in [2.45, 2.75) is 52.0 Å². The average molecular weight is 327 g/mol. The van der Waals surface area contributed by atoms with Crippen LogP contribution in [0.2, 0.25) is 0 Å². The molecule has 1 amide bonds. The molecule has 0 radical (unpaired) electrons. The van der Waals surface area contributed by atoms with Gasteiger partial charge in [0.1, 0.15) is 0 Å². The monoisotopic (exact) mass is 327 g/mol. The molecule has 2 bridgehead atoms. The second kappa shape index (κ2) is 4.41. The first-order chi connectivity index (χ1) is 11.4. The average Bonchev–Trinajstić information content (AvgIpc) is 3.17. The number of rotatable bonds is 2. The summed E-state index contributed by atoms with van der Waals surface area (Å²) >= 11 is 0. The Morgan fingerprint density at radius 3 is 2.54 bits per heavy atom. The van der Waals surface area contributed by atoms with Gasteiger partial charge in [-0.15, -0.1) is 0 Å². The Balaban J connectivity index is 1.75. The number of carbonyl (C=O) groups excluding carboxylic acids is 1. The van der Waals surface area contributed by atoms with E-state index >= 15 is 0 Å². The summed E-state index contributed by atoms with van der Waals surface area (Å²) < 4.78 is 6.59. The molecule has 1 aromatic carbocycles. The molecule has 5 rings (SSSR count). The number of anilines is 1. The summed E-state index contributed by atoms with van der Waals surface area (Å²) in [5.41, 5.74) is 2.65. The summed E-state index contributed by atoms with van der Waals surface area (Å²) in [6, 6.07) is 6.18. The summed E-state index contributed by atoms with van der Waals surface area (Å²) in [5, 5.41) is 10.6. The fourth-order valence-electron chi connectivity index (χ4n) is 6.43. The van der Waals surface area contributed by atoms with Crippen molar-refractivity contribution in [1.29, 1.82) is 0 Å². The third-order valence-corrected chi connectivity index (χ3v) is 7.20. The van der Waals surface area contributed by atoms with Crippen molar-refractivity contribution in [1.82, 2.24) is 0 Å². The summed E-state index contributed by atoms with van der Waals surface area (Å²) in [6.07, 6.45) is 0.377. The SMILES string of the molecule is Cc1cccc(C)c1N1C(=O)C2C3CC4C(OC1(C(C)C)C42)C3O. The molecule has 1 aromatic rings. The van der Waals surface area contributed by atoms with Crippen molar-refractivity contribution in [2.75, 3.05) is 4.90 Å². The van der Waals surface area contributed by atoms with E-state index in [1.54, 1.807) is 0 Å². The summed E-state index contributed by atoms with van der Waals surface area (Å²) in [5.74, 6) is 0.901. The van der Waals surface area contributed by atoms with E-state index in [-0.39, 0.29) is 35.7 Å². The van der Waals surface area contributed by atoms with Crippen LogP contribution in [-0.4, -0.2) is 28.9 Å². The Hall–Kier alpha value is -1.39. The molecule has 4 heteroatoms. The molecule has 2 aliphatic heterocycles. The van der Waals surface area contributed by atoms with Gasteiger partial charge in [0.15, 0.2) is 5.72 Å². The lowest BCUT2D eigenvalue weighted by Crippen LogP contribution is -2.55. The van der Waals surface area contributed by atoms with Crippen molar-refractivity contribution in [3.8, 4) is 0 Å². The predicted molar refractivity (Wildman–Crippen MR) is 90.4 cm³/mol. The third kappa shape index (κ3) is 1.39. The highest BCUT2D eigenvalue weighted by molar-refractivity contribution is 6.01. The fourth-order valence-corrected chi connectivity index (χ4v) is 6.43. The van der Waals surface area contributed by atoms with Crippen LogP contribution in [0.15, 0.2) is 18.2 Å². The van der Waals surface area contributed by atoms with E-state index in [2.05, 4.69) is 39.8 Å². The van der Waals surface area contributed by atoms with E-state index in [4.69, 9.17) is 4.74 Å². The largest absolute Gasteiger partial charge is 0.390 e. The lowest BCUT2D eigenvalue weighted by Gasteiger charge is -2.43. The molecule has 4 fully saturated rings. The predicted octanol–water partition coefficient (Wildman–Crippen LogP) is 2.64.